The molecule has 0 saturated carbocycles. The zero-order valence-corrected chi connectivity index (χ0v) is 14.3. The molecule has 0 bridgehead atoms. The SMILES string of the molecule is N#Cc1ccc(S(=O)(=O)Nc2nccnc2-c2ccc(CO)cc2)cc1. The number of aliphatic hydroxyl groups is 1. The van der Waals surface area contributed by atoms with E-state index in [9.17, 15) is 8.42 Å². The summed E-state index contributed by atoms with van der Waals surface area (Å²) in [4.78, 5) is 8.32. The highest BCUT2D eigenvalue weighted by molar-refractivity contribution is 7.92. The molecule has 130 valence electrons. The van der Waals surface area contributed by atoms with Crippen LogP contribution < -0.4 is 4.72 Å². The Labute approximate surface area is 150 Å². The van der Waals surface area contributed by atoms with E-state index in [2.05, 4.69) is 14.7 Å². The molecule has 1 aromatic heterocycles. The molecule has 0 atom stereocenters. The van der Waals surface area contributed by atoms with Crippen molar-refractivity contribution in [2.24, 2.45) is 0 Å². The minimum Gasteiger partial charge on any atom is -0.392 e. The minimum absolute atomic E-state index is 0.0173. The number of nitrogens with zero attached hydrogens (tertiary/aromatic N) is 3. The van der Waals surface area contributed by atoms with E-state index >= 15 is 0 Å². The molecule has 0 aliphatic rings. The molecule has 0 unspecified atom stereocenters. The largest absolute Gasteiger partial charge is 0.392 e. The Hall–Kier alpha value is -3.28. The number of hydrogen-bond acceptors (Lipinski definition) is 6. The zero-order chi connectivity index (χ0) is 18.6. The monoisotopic (exact) mass is 366 g/mol. The van der Waals surface area contributed by atoms with Gasteiger partial charge >= 0.3 is 0 Å². The number of rotatable bonds is 5. The highest BCUT2D eigenvalue weighted by Crippen LogP contribution is 2.26. The lowest BCUT2D eigenvalue weighted by molar-refractivity contribution is 0.282. The van der Waals surface area contributed by atoms with E-state index < -0.39 is 10.0 Å². The van der Waals surface area contributed by atoms with Crippen molar-refractivity contribution < 1.29 is 13.5 Å². The zero-order valence-electron chi connectivity index (χ0n) is 13.5. The van der Waals surface area contributed by atoms with Gasteiger partial charge in [-0.15, -0.1) is 0 Å². The van der Waals surface area contributed by atoms with Gasteiger partial charge in [0, 0.05) is 18.0 Å². The van der Waals surface area contributed by atoms with Crippen LogP contribution in [0.1, 0.15) is 11.1 Å². The van der Waals surface area contributed by atoms with Gasteiger partial charge in [0.25, 0.3) is 10.0 Å². The average Bonchev–Trinajstić information content (AvgIpc) is 2.68. The number of anilines is 1. The summed E-state index contributed by atoms with van der Waals surface area (Å²) >= 11 is 0. The quantitative estimate of drug-likeness (QED) is 0.716. The van der Waals surface area contributed by atoms with Gasteiger partial charge in [-0.3, -0.25) is 9.71 Å². The topological polar surface area (TPSA) is 116 Å². The molecule has 0 spiro atoms. The van der Waals surface area contributed by atoms with Crippen molar-refractivity contribution in [1.82, 2.24) is 9.97 Å². The second-order valence-electron chi connectivity index (χ2n) is 5.35. The molecule has 7 nitrogen and oxygen atoms in total. The summed E-state index contributed by atoms with van der Waals surface area (Å²) in [6.07, 6.45) is 2.86. The first kappa shape index (κ1) is 17.5. The van der Waals surface area contributed by atoms with Crippen LogP contribution in [0.2, 0.25) is 0 Å². The third-order valence-electron chi connectivity index (χ3n) is 3.63. The average molecular weight is 366 g/mol. The summed E-state index contributed by atoms with van der Waals surface area (Å²) < 4.78 is 27.6. The molecule has 0 fully saturated rings. The number of nitrogens with one attached hydrogen (secondary N) is 1. The highest BCUT2D eigenvalue weighted by atomic mass is 32.2. The summed E-state index contributed by atoms with van der Waals surface area (Å²) in [6.45, 7) is -0.0844. The Morgan fingerprint density at radius 3 is 2.27 bits per heavy atom. The van der Waals surface area contributed by atoms with Gasteiger partial charge in [0.15, 0.2) is 5.82 Å². The first-order valence-electron chi connectivity index (χ1n) is 7.57. The number of aromatic nitrogens is 2. The van der Waals surface area contributed by atoms with Gasteiger partial charge in [0.1, 0.15) is 5.69 Å². The third kappa shape index (κ3) is 3.69. The summed E-state index contributed by atoms with van der Waals surface area (Å²) in [5.74, 6) is 0.0913. The fraction of sp³-hybridized carbons (Fsp3) is 0.0556. The number of sulfonamides is 1. The maximum atomic E-state index is 12.6. The predicted molar refractivity (Wildman–Crippen MR) is 95.4 cm³/mol. The number of hydrogen-bond donors (Lipinski definition) is 2. The van der Waals surface area contributed by atoms with Gasteiger partial charge in [-0.05, 0) is 29.8 Å². The van der Waals surface area contributed by atoms with E-state index in [-0.39, 0.29) is 17.3 Å². The van der Waals surface area contributed by atoms with E-state index in [1.165, 1.54) is 36.7 Å². The number of benzene rings is 2. The maximum absolute atomic E-state index is 12.6. The normalized spacial score (nSPS) is 10.9. The van der Waals surface area contributed by atoms with Crippen LogP contribution in [-0.2, 0) is 16.6 Å². The molecule has 0 aliphatic carbocycles. The lowest BCUT2D eigenvalue weighted by atomic mass is 10.1. The van der Waals surface area contributed by atoms with Crippen molar-refractivity contribution in [2.45, 2.75) is 11.5 Å². The van der Waals surface area contributed by atoms with Crippen LogP contribution in [0.3, 0.4) is 0 Å². The fourth-order valence-electron chi connectivity index (χ4n) is 2.29. The Kier molecular flexibility index (Phi) is 4.93. The van der Waals surface area contributed by atoms with Crippen LogP contribution in [0.15, 0.2) is 65.8 Å². The van der Waals surface area contributed by atoms with Gasteiger partial charge in [-0.2, -0.15) is 5.26 Å². The Balaban J connectivity index is 1.95. The number of aliphatic hydroxyl groups excluding tert-OH is 1. The second-order valence-corrected chi connectivity index (χ2v) is 7.03. The summed E-state index contributed by atoms with van der Waals surface area (Å²) in [5.41, 5.74) is 2.13. The predicted octanol–water partition coefficient (Wildman–Crippen LogP) is 2.31. The minimum atomic E-state index is -3.88. The van der Waals surface area contributed by atoms with Gasteiger partial charge in [0.2, 0.25) is 0 Å². The van der Waals surface area contributed by atoms with Gasteiger partial charge in [0.05, 0.1) is 23.1 Å². The molecule has 0 aliphatic heterocycles. The molecule has 0 saturated heterocycles. The van der Waals surface area contributed by atoms with E-state index in [1.54, 1.807) is 24.3 Å². The molecular formula is C18H14N4O3S. The van der Waals surface area contributed by atoms with Crippen molar-refractivity contribution in [1.29, 1.82) is 5.26 Å². The highest BCUT2D eigenvalue weighted by Gasteiger charge is 2.18. The molecule has 1 heterocycles. The van der Waals surface area contributed by atoms with Crippen molar-refractivity contribution in [3.8, 4) is 17.3 Å². The van der Waals surface area contributed by atoms with E-state index in [1.807, 2.05) is 6.07 Å². The molecule has 3 aromatic rings. The maximum Gasteiger partial charge on any atom is 0.263 e. The summed E-state index contributed by atoms with van der Waals surface area (Å²) in [7, 11) is -3.88. The Morgan fingerprint density at radius 1 is 1.00 bits per heavy atom. The van der Waals surface area contributed by atoms with Crippen LogP contribution >= 0.6 is 0 Å². The fourth-order valence-corrected chi connectivity index (χ4v) is 3.30. The van der Waals surface area contributed by atoms with Crippen LogP contribution in [-0.4, -0.2) is 23.5 Å². The van der Waals surface area contributed by atoms with Crippen LogP contribution in [0.25, 0.3) is 11.3 Å². The van der Waals surface area contributed by atoms with Crippen LogP contribution in [0, 0.1) is 11.3 Å². The molecule has 0 amide bonds. The van der Waals surface area contributed by atoms with Crippen LogP contribution in [0.4, 0.5) is 5.82 Å². The molecular weight excluding hydrogens is 352 g/mol. The van der Waals surface area contributed by atoms with Crippen molar-refractivity contribution >= 4 is 15.8 Å². The van der Waals surface area contributed by atoms with Crippen molar-refractivity contribution in [3.63, 3.8) is 0 Å². The van der Waals surface area contributed by atoms with Gasteiger partial charge in [-0.25, -0.2) is 13.4 Å². The van der Waals surface area contributed by atoms with E-state index in [0.29, 0.717) is 16.8 Å². The molecule has 0 radical (unpaired) electrons. The first-order valence-corrected chi connectivity index (χ1v) is 9.06. The van der Waals surface area contributed by atoms with Gasteiger partial charge < -0.3 is 5.11 Å². The van der Waals surface area contributed by atoms with E-state index in [0.717, 1.165) is 5.56 Å². The number of nitriles is 1. The molecule has 8 heteroatoms. The lowest BCUT2D eigenvalue weighted by Crippen LogP contribution is -2.15. The Morgan fingerprint density at radius 2 is 1.65 bits per heavy atom. The molecule has 3 rings (SSSR count). The van der Waals surface area contributed by atoms with Crippen LogP contribution in [0.5, 0.6) is 0 Å². The summed E-state index contributed by atoms with van der Waals surface area (Å²) in [6, 6.07) is 14.4. The lowest BCUT2D eigenvalue weighted by Gasteiger charge is -2.11. The summed E-state index contributed by atoms with van der Waals surface area (Å²) in [5, 5.41) is 17.9. The molecule has 2 aromatic carbocycles. The van der Waals surface area contributed by atoms with Crippen molar-refractivity contribution in [2.75, 3.05) is 4.72 Å². The first-order chi connectivity index (χ1) is 12.5. The molecule has 26 heavy (non-hydrogen) atoms. The molecule has 2 N–H and O–H groups in total. The van der Waals surface area contributed by atoms with E-state index in [4.69, 9.17) is 10.4 Å². The second kappa shape index (κ2) is 7.31. The van der Waals surface area contributed by atoms with Gasteiger partial charge in [-0.1, -0.05) is 24.3 Å². The van der Waals surface area contributed by atoms with Crippen molar-refractivity contribution in [3.05, 3.63) is 72.1 Å². The third-order valence-corrected chi connectivity index (χ3v) is 4.99. The Bertz CT molecular complexity index is 1060. The smallest absolute Gasteiger partial charge is 0.263 e. The standard InChI is InChI=1S/C18H14N4O3S/c19-11-13-3-7-16(8-4-13)26(24,25)22-18-17(20-9-10-21-18)15-5-1-14(12-23)2-6-15/h1-10,23H,12H2,(H,21,22).